The molecule has 2 fully saturated rings. The molecule has 1 N–H and O–H groups in total. The van der Waals surface area contributed by atoms with Crippen molar-refractivity contribution in [3.05, 3.63) is 29.8 Å². The lowest BCUT2D eigenvalue weighted by atomic mass is 9.84. The number of hydrogen-bond acceptors (Lipinski definition) is 4. The van der Waals surface area contributed by atoms with Gasteiger partial charge in [0.05, 0.1) is 6.61 Å². The fourth-order valence-corrected chi connectivity index (χ4v) is 4.48. The molecule has 1 aliphatic carbocycles. The maximum atomic E-state index is 11.8. The molecule has 1 aromatic rings. The zero-order chi connectivity index (χ0) is 20.5. The molecule has 1 heterocycles. The second-order valence-corrected chi connectivity index (χ2v) is 8.34. The molecule has 1 saturated carbocycles. The van der Waals surface area contributed by atoms with Gasteiger partial charge in [0, 0.05) is 57.0 Å². The van der Waals surface area contributed by atoms with Gasteiger partial charge in [-0.25, -0.2) is 0 Å². The number of amides is 1. The van der Waals surface area contributed by atoms with Crippen LogP contribution in [0.4, 0.5) is 5.69 Å². The van der Waals surface area contributed by atoms with Crippen molar-refractivity contribution in [2.24, 2.45) is 5.92 Å². The van der Waals surface area contributed by atoms with E-state index in [4.69, 9.17) is 11.2 Å². The molecule has 29 heavy (non-hydrogen) atoms. The third kappa shape index (κ3) is 6.76. The molecule has 1 amide bonds. The Morgan fingerprint density at radius 1 is 1.21 bits per heavy atom. The van der Waals surface area contributed by atoms with E-state index in [9.17, 15) is 4.79 Å². The van der Waals surface area contributed by atoms with Gasteiger partial charge in [0.1, 0.15) is 0 Å². The summed E-state index contributed by atoms with van der Waals surface area (Å²) in [5.74, 6) is 3.65. The highest BCUT2D eigenvalue weighted by atomic mass is 16.5. The number of carbonyl (C=O) groups is 1. The lowest BCUT2D eigenvalue weighted by molar-refractivity contribution is -0.122. The minimum atomic E-state index is 0.126. The summed E-state index contributed by atoms with van der Waals surface area (Å²) < 4.78 is 4.97. The van der Waals surface area contributed by atoms with E-state index in [1.165, 1.54) is 31.5 Å². The molecule has 0 spiro atoms. The van der Waals surface area contributed by atoms with Crippen LogP contribution >= 0.6 is 0 Å². The van der Waals surface area contributed by atoms with Crippen molar-refractivity contribution in [2.75, 3.05) is 51.3 Å². The first kappa shape index (κ1) is 21.7. The molecule has 2 aliphatic rings. The third-order valence-electron chi connectivity index (χ3n) is 6.35. The lowest BCUT2D eigenvalue weighted by Gasteiger charge is -2.37. The Labute approximate surface area is 175 Å². The summed E-state index contributed by atoms with van der Waals surface area (Å²) in [6.07, 6.45) is 12.0. The van der Waals surface area contributed by atoms with Gasteiger partial charge in [0.15, 0.2) is 0 Å². The average molecular weight is 398 g/mol. The number of nitrogens with zero attached hydrogens (tertiary/aromatic N) is 2. The minimum Gasteiger partial charge on any atom is -0.384 e. The number of carbonyl (C=O) groups excluding carboxylic acids is 1. The number of hydrogen-bond donors (Lipinski definition) is 1. The van der Waals surface area contributed by atoms with Crippen molar-refractivity contribution in [1.82, 2.24) is 10.2 Å². The van der Waals surface area contributed by atoms with Crippen molar-refractivity contribution in [1.29, 1.82) is 0 Å². The molecule has 3 rings (SSSR count). The zero-order valence-electron chi connectivity index (χ0n) is 17.7. The van der Waals surface area contributed by atoms with Gasteiger partial charge in [-0.3, -0.25) is 9.69 Å². The van der Waals surface area contributed by atoms with Crippen LogP contribution in [0.25, 0.3) is 0 Å². The van der Waals surface area contributed by atoms with Crippen LogP contribution in [0.5, 0.6) is 0 Å². The molecule has 0 radical (unpaired) electrons. The predicted octanol–water partition coefficient (Wildman–Crippen LogP) is 2.89. The van der Waals surface area contributed by atoms with Crippen molar-refractivity contribution >= 4 is 11.6 Å². The fraction of sp³-hybridized carbons (Fsp3) is 0.625. The van der Waals surface area contributed by atoms with E-state index in [0.29, 0.717) is 19.1 Å². The Bertz CT molecular complexity index is 684. The summed E-state index contributed by atoms with van der Waals surface area (Å²) in [5.41, 5.74) is 2.20. The van der Waals surface area contributed by atoms with E-state index in [0.717, 1.165) is 50.5 Å². The van der Waals surface area contributed by atoms with Crippen molar-refractivity contribution in [2.45, 2.75) is 44.6 Å². The molecule has 1 aliphatic heterocycles. The van der Waals surface area contributed by atoms with E-state index in [1.807, 2.05) is 12.1 Å². The molecule has 1 saturated heterocycles. The Hall–Kier alpha value is -2.03. The molecule has 0 unspecified atom stereocenters. The van der Waals surface area contributed by atoms with Gasteiger partial charge in [-0.1, -0.05) is 12.0 Å². The Morgan fingerprint density at radius 2 is 1.97 bits per heavy atom. The van der Waals surface area contributed by atoms with Crippen molar-refractivity contribution in [3.63, 3.8) is 0 Å². The van der Waals surface area contributed by atoms with Gasteiger partial charge in [-0.2, -0.15) is 0 Å². The van der Waals surface area contributed by atoms with Crippen LogP contribution in [0.1, 0.15) is 44.1 Å². The SMILES string of the molecule is C#Cc1cccc(N2CCN(CCC3CCC(NC(=O)CCOC)CC3)CC2)c1. The lowest BCUT2D eigenvalue weighted by Crippen LogP contribution is -2.47. The molecule has 5 heteroatoms. The second-order valence-electron chi connectivity index (χ2n) is 8.34. The first-order valence-electron chi connectivity index (χ1n) is 11.0. The number of terminal acetylenes is 1. The smallest absolute Gasteiger partial charge is 0.222 e. The van der Waals surface area contributed by atoms with Gasteiger partial charge >= 0.3 is 0 Å². The molecular formula is C24H35N3O2. The van der Waals surface area contributed by atoms with Crippen LogP contribution in [0.2, 0.25) is 0 Å². The minimum absolute atomic E-state index is 0.126. The van der Waals surface area contributed by atoms with E-state index >= 15 is 0 Å². The fourth-order valence-electron chi connectivity index (χ4n) is 4.48. The van der Waals surface area contributed by atoms with E-state index in [-0.39, 0.29) is 5.91 Å². The van der Waals surface area contributed by atoms with E-state index in [2.05, 4.69) is 33.2 Å². The quantitative estimate of drug-likeness (QED) is 0.685. The van der Waals surface area contributed by atoms with Gasteiger partial charge < -0.3 is 15.0 Å². The Balaban J connectivity index is 1.32. The van der Waals surface area contributed by atoms with Gasteiger partial charge in [0.2, 0.25) is 5.91 Å². The predicted molar refractivity (Wildman–Crippen MR) is 118 cm³/mol. The number of rotatable bonds is 8. The van der Waals surface area contributed by atoms with Crippen molar-refractivity contribution in [3.8, 4) is 12.3 Å². The number of benzene rings is 1. The first-order chi connectivity index (χ1) is 14.2. The van der Waals surface area contributed by atoms with Crippen LogP contribution in [-0.2, 0) is 9.53 Å². The van der Waals surface area contributed by atoms with Crippen LogP contribution in [0.3, 0.4) is 0 Å². The molecule has 0 atom stereocenters. The standard InChI is InChI=1S/C24H35N3O2/c1-3-20-5-4-6-23(19-20)27-16-14-26(15-17-27)13-11-21-7-9-22(10-8-21)25-24(28)12-18-29-2/h1,4-6,19,21-22H,7-18H2,2H3,(H,25,28). The first-order valence-corrected chi connectivity index (χ1v) is 11.0. The van der Waals surface area contributed by atoms with Gasteiger partial charge in [-0.15, -0.1) is 6.42 Å². The molecule has 0 aromatic heterocycles. The monoisotopic (exact) mass is 397 g/mol. The molecule has 5 nitrogen and oxygen atoms in total. The highest BCUT2D eigenvalue weighted by Gasteiger charge is 2.24. The molecule has 1 aromatic carbocycles. The maximum absolute atomic E-state index is 11.8. The normalized spacial score (nSPS) is 22.8. The summed E-state index contributed by atoms with van der Waals surface area (Å²) in [6, 6.07) is 8.66. The number of nitrogens with one attached hydrogen (secondary N) is 1. The average Bonchev–Trinajstić information content (AvgIpc) is 2.77. The number of methoxy groups -OCH3 is 1. The van der Waals surface area contributed by atoms with Gasteiger partial charge in [0.25, 0.3) is 0 Å². The highest BCUT2D eigenvalue weighted by molar-refractivity contribution is 5.76. The molecular weight excluding hydrogens is 362 g/mol. The topological polar surface area (TPSA) is 44.8 Å². The Morgan fingerprint density at radius 3 is 2.66 bits per heavy atom. The van der Waals surface area contributed by atoms with E-state index < -0.39 is 0 Å². The number of ether oxygens (including phenoxy) is 1. The van der Waals surface area contributed by atoms with E-state index in [1.54, 1.807) is 7.11 Å². The largest absolute Gasteiger partial charge is 0.384 e. The Kier molecular flexibility index (Phi) is 8.39. The summed E-state index contributed by atoms with van der Waals surface area (Å²) in [7, 11) is 1.63. The molecule has 158 valence electrons. The van der Waals surface area contributed by atoms with Crippen LogP contribution < -0.4 is 10.2 Å². The second kappa shape index (κ2) is 11.2. The highest BCUT2D eigenvalue weighted by Crippen LogP contribution is 2.27. The molecule has 0 bridgehead atoms. The summed E-state index contributed by atoms with van der Waals surface area (Å²) in [4.78, 5) is 16.9. The van der Waals surface area contributed by atoms with Crippen LogP contribution in [0, 0.1) is 18.3 Å². The zero-order valence-corrected chi connectivity index (χ0v) is 17.7. The summed E-state index contributed by atoms with van der Waals surface area (Å²) in [5, 5.41) is 3.16. The van der Waals surface area contributed by atoms with Crippen molar-refractivity contribution < 1.29 is 9.53 Å². The summed E-state index contributed by atoms with van der Waals surface area (Å²) >= 11 is 0. The van der Waals surface area contributed by atoms with Gasteiger partial charge in [-0.05, 0) is 62.8 Å². The third-order valence-corrected chi connectivity index (χ3v) is 6.35. The maximum Gasteiger partial charge on any atom is 0.222 e. The number of anilines is 1. The van der Waals surface area contributed by atoms with Crippen LogP contribution in [0.15, 0.2) is 24.3 Å². The van der Waals surface area contributed by atoms with Crippen LogP contribution in [-0.4, -0.2) is 63.3 Å². The number of piperazine rings is 1. The summed E-state index contributed by atoms with van der Waals surface area (Å²) in [6.45, 7) is 6.05.